The average Bonchev–Trinajstić information content (AvgIpc) is 2.70. The number of hydrogen-bond donors (Lipinski definition) is 2. The SMILES string of the molecule is c1cc(N2CCNCC2)ccc1-c1ccc(N2CCNCC2)cc1. The van der Waals surface area contributed by atoms with Crippen LogP contribution in [0, 0.1) is 0 Å². The molecule has 0 atom stereocenters. The van der Waals surface area contributed by atoms with E-state index in [1.165, 1.54) is 22.5 Å². The summed E-state index contributed by atoms with van der Waals surface area (Å²) in [6.07, 6.45) is 0. The smallest absolute Gasteiger partial charge is 0.0367 e. The van der Waals surface area contributed by atoms with Crippen molar-refractivity contribution in [3.05, 3.63) is 48.5 Å². The standard InChI is InChI=1S/C20H26N4/c1-5-19(23-13-9-21-10-14-23)6-2-17(1)18-3-7-20(8-4-18)24-15-11-22-12-16-24/h1-8,21-22H,9-16H2. The molecule has 2 heterocycles. The molecule has 0 aromatic heterocycles. The van der Waals surface area contributed by atoms with Gasteiger partial charge in [0, 0.05) is 63.7 Å². The maximum atomic E-state index is 3.40. The monoisotopic (exact) mass is 322 g/mol. The number of nitrogens with one attached hydrogen (secondary N) is 2. The number of hydrogen-bond acceptors (Lipinski definition) is 4. The van der Waals surface area contributed by atoms with Crippen LogP contribution >= 0.6 is 0 Å². The first-order valence-electron chi connectivity index (χ1n) is 9.02. The molecule has 4 heteroatoms. The third-order valence-corrected chi connectivity index (χ3v) is 5.03. The lowest BCUT2D eigenvalue weighted by Gasteiger charge is -2.30. The van der Waals surface area contributed by atoms with E-state index in [0.29, 0.717) is 0 Å². The summed E-state index contributed by atoms with van der Waals surface area (Å²) in [6, 6.07) is 18.0. The Kier molecular flexibility index (Phi) is 4.67. The highest BCUT2D eigenvalue weighted by Gasteiger charge is 2.11. The van der Waals surface area contributed by atoms with Crippen molar-refractivity contribution in [2.24, 2.45) is 0 Å². The minimum atomic E-state index is 1.08. The van der Waals surface area contributed by atoms with Crippen molar-refractivity contribution < 1.29 is 0 Å². The predicted molar refractivity (Wildman–Crippen MR) is 102 cm³/mol. The highest BCUT2D eigenvalue weighted by Crippen LogP contribution is 2.26. The largest absolute Gasteiger partial charge is 0.369 e. The molecule has 24 heavy (non-hydrogen) atoms. The second kappa shape index (κ2) is 7.24. The van der Waals surface area contributed by atoms with Crippen LogP contribution in [0.25, 0.3) is 11.1 Å². The molecule has 2 N–H and O–H groups in total. The minimum Gasteiger partial charge on any atom is -0.369 e. The quantitative estimate of drug-likeness (QED) is 0.907. The Morgan fingerprint density at radius 2 is 0.833 bits per heavy atom. The van der Waals surface area contributed by atoms with Gasteiger partial charge in [-0.2, -0.15) is 0 Å². The zero-order valence-electron chi connectivity index (χ0n) is 14.2. The highest BCUT2D eigenvalue weighted by atomic mass is 15.2. The lowest BCUT2D eigenvalue weighted by atomic mass is 10.0. The Hall–Kier alpha value is -2.04. The van der Waals surface area contributed by atoms with Crippen LogP contribution in [0.2, 0.25) is 0 Å². The molecular weight excluding hydrogens is 296 g/mol. The summed E-state index contributed by atoms with van der Waals surface area (Å²) >= 11 is 0. The van der Waals surface area contributed by atoms with Crippen molar-refractivity contribution in [3.8, 4) is 11.1 Å². The van der Waals surface area contributed by atoms with Gasteiger partial charge in [0.1, 0.15) is 0 Å². The van der Waals surface area contributed by atoms with Crippen molar-refractivity contribution in [2.75, 3.05) is 62.2 Å². The van der Waals surface area contributed by atoms with Gasteiger partial charge in [-0.3, -0.25) is 0 Å². The van der Waals surface area contributed by atoms with Gasteiger partial charge < -0.3 is 20.4 Å². The molecule has 4 nitrogen and oxygen atoms in total. The van der Waals surface area contributed by atoms with Gasteiger partial charge in [0.2, 0.25) is 0 Å². The van der Waals surface area contributed by atoms with E-state index in [4.69, 9.17) is 0 Å². The number of piperazine rings is 2. The molecule has 2 aliphatic rings. The van der Waals surface area contributed by atoms with E-state index in [0.717, 1.165) is 52.4 Å². The van der Waals surface area contributed by atoms with Gasteiger partial charge in [-0.1, -0.05) is 24.3 Å². The fourth-order valence-electron chi connectivity index (χ4n) is 3.58. The van der Waals surface area contributed by atoms with Crippen molar-refractivity contribution in [1.29, 1.82) is 0 Å². The van der Waals surface area contributed by atoms with Crippen molar-refractivity contribution >= 4 is 11.4 Å². The van der Waals surface area contributed by atoms with Crippen LogP contribution in [0.5, 0.6) is 0 Å². The summed E-state index contributed by atoms with van der Waals surface area (Å²) in [5.41, 5.74) is 5.25. The minimum absolute atomic E-state index is 1.08. The van der Waals surface area contributed by atoms with Gasteiger partial charge >= 0.3 is 0 Å². The number of anilines is 2. The summed E-state index contributed by atoms with van der Waals surface area (Å²) in [4.78, 5) is 4.90. The van der Waals surface area contributed by atoms with Crippen molar-refractivity contribution in [1.82, 2.24) is 10.6 Å². The lowest BCUT2D eigenvalue weighted by molar-refractivity contribution is 0.589. The van der Waals surface area contributed by atoms with Crippen LogP contribution in [0.3, 0.4) is 0 Å². The fourth-order valence-corrected chi connectivity index (χ4v) is 3.58. The first kappa shape index (κ1) is 15.5. The van der Waals surface area contributed by atoms with E-state index in [1.54, 1.807) is 0 Å². The first-order valence-corrected chi connectivity index (χ1v) is 9.02. The van der Waals surface area contributed by atoms with Gasteiger partial charge in [-0.25, -0.2) is 0 Å². The highest BCUT2D eigenvalue weighted by molar-refractivity contribution is 5.68. The zero-order valence-corrected chi connectivity index (χ0v) is 14.2. The Balaban J connectivity index is 1.47. The van der Waals surface area contributed by atoms with E-state index in [2.05, 4.69) is 69.0 Å². The molecule has 4 rings (SSSR count). The van der Waals surface area contributed by atoms with Gasteiger partial charge in [0.25, 0.3) is 0 Å². The molecular formula is C20H26N4. The number of nitrogens with zero attached hydrogens (tertiary/aromatic N) is 2. The first-order chi connectivity index (χ1) is 11.9. The maximum Gasteiger partial charge on any atom is 0.0367 e. The molecule has 0 spiro atoms. The van der Waals surface area contributed by atoms with Gasteiger partial charge in [0.15, 0.2) is 0 Å². The number of benzene rings is 2. The lowest BCUT2D eigenvalue weighted by Crippen LogP contribution is -2.43. The molecule has 2 aromatic rings. The summed E-state index contributed by atoms with van der Waals surface area (Å²) in [5, 5.41) is 6.81. The number of rotatable bonds is 3. The van der Waals surface area contributed by atoms with Crippen LogP contribution in [0.4, 0.5) is 11.4 Å². The molecule has 2 saturated heterocycles. The molecule has 0 aliphatic carbocycles. The molecule has 0 bridgehead atoms. The van der Waals surface area contributed by atoms with Crippen LogP contribution < -0.4 is 20.4 Å². The molecule has 126 valence electrons. The van der Waals surface area contributed by atoms with Gasteiger partial charge in [-0.05, 0) is 35.4 Å². The molecule has 2 aliphatic heterocycles. The maximum absolute atomic E-state index is 3.40. The Morgan fingerprint density at radius 1 is 0.500 bits per heavy atom. The summed E-state index contributed by atoms with van der Waals surface area (Å²) in [7, 11) is 0. The molecule has 0 unspecified atom stereocenters. The second-order valence-corrected chi connectivity index (χ2v) is 6.57. The van der Waals surface area contributed by atoms with E-state index in [1.807, 2.05) is 0 Å². The topological polar surface area (TPSA) is 30.5 Å². The Labute approximate surface area is 144 Å². The average molecular weight is 322 g/mol. The molecule has 0 radical (unpaired) electrons. The van der Waals surface area contributed by atoms with Crippen LogP contribution in [0.1, 0.15) is 0 Å². The third-order valence-electron chi connectivity index (χ3n) is 5.03. The van der Waals surface area contributed by atoms with Gasteiger partial charge in [-0.15, -0.1) is 0 Å². The Bertz CT molecular complexity index is 579. The van der Waals surface area contributed by atoms with Crippen LogP contribution in [-0.4, -0.2) is 52.4 Å². The van der Waals surface area contributed by atoms with Crippen molar-refractivity contribution in [3.63, 3.8) is 0 Å². The summed E-state index contributed by atoms with van der Waals surface area (Å²) in [6.45, 7) is 8.70. The summed E-state index contributed by atoms with van der Waals surface area (Å²) in [5.74, 6) is 0. The van der Waals surface area contributed by atoms with Crippen LogP contribution in [-0.2, 0) is 0 Å². The molecule has 0 amide bonds. The third kappa shape index (κ3) is 3.40. The van der Waals surface area contributed by atoms with Gasteiger partial charge in [0.05, 0.1) is 0 Å². The van der Waals surface area contributed by atoms with E-state index >= 15 is 0 Å². The van der Waals surface area contributed by atoms with E-state index < -0.39 is 0 Å². The fraction of sp³-hybridized carbons (Fsp3) is 0.400. The second-order valence-electron chi connectivity index (χ2n) is 6.57. The zero-order chi connectivity index (χ0) is 16.2. The molecule has 0 saturated carbocycles. The van der Waals surface area contributed by atoms with E-state index in [9.17, 15) is 0 Å². The predicted octanol–water partition coefficient (Wildman–Crippen LogP) is 2.17. The van der Waals surface area contributed by atoms with Crippen molar-refractivity contribution in [2.45, 2.75) is 0 Å². The normalized spacial score (nSPS) is 18.7. The van der Waals surface area contributed by atoms with Crippen LogP contribution in [0.15, 0.2) is 48.5 Å². The summed E-state index contributed by atoms with van der Waals surface area (Å²) < 4.78 is 0. The van der Waals surface area contributed by atoms with E-state index in [-0.39, 0.29) is 0 Å². The molecule has 2 aromatic carbocycles. The Morgan fingerprint density at radius 3 is 1.17 bits per heavy atom. The molecule has 2 fully saturated rings.